The summed E-state index contributed by atoms with van der Waals surface area (Å²) in [6, 6.07) is 1.78. The fourth-order valence-electron chi connectivity index (χ4n) is 1.02. The maximum atomic E-state index is 13.2. The van der Waals surface area contributed by atoms with Crippen molar-refractivity contribution >= 4 is 29.1 Å². The predicted molar refractivity (Wildman–Crippen MR) is 55.3 cm³/mol. The molecule has 0 spiro atoms. The molecule has 7 heteroatoms. The van der Waals surface area contributed by atoms with Crippen LogP contribution in [0.25, 0.3) is 0 Å². The summed E-state index contributed by atoms with van der Waals surface area (Å²) in [4.78, 5) is 14.3. The number of hydrogen-bond donors (Lipinski definition) is 2. The number of benzene rings is 1. The normalized spacial score (nSPS) is 11.6. The van der Waals surface area contributed by atoms with Crippen LogP contribution in [0.3, 0.4) is 0 Å². The highest BCUT2D eigenvalue weighted by Gasteiger charge is 2.19. The van der Waals surface area contributed by atoms with Gasteiger partial charge in [0.2, 0.25) is 0 Å². The number of rotatable bonds is 3. The summed E-state index contributed by atoms with van der Waals surface area (Å²) >= 11 is 5.33. The van der Waals surface area contributed by atoms with E-state index in [-0.39, 0.29) is 17.4 Å². The molecule has 0 saturated carbocycles. The number of hydrogen-bond acceptors (Lipinski definition) is 2. The summed E-state index contributed by atoms with van der Waals surface area (Å²) in [5, 5.41) is 8.71. The molecule has 0 heterocycles. The number of carbonyl (C=O) groups is 1. The van der Waals surface area contributed by atoms with Crippen LogP contribution in [0.4, 0.5) is 14.5 Å². The zero-order chi connectivity index (χ0) is 12.3. The van der Waals surface area contributed by atoms with E-state index in [2.05, 4.69) is 4.99 Å². The predicted octanol–water partition coefficient (Wildman–Crippen LogP) is 1.89. The molecule has 1 rings (SSSR count). The average Bonchev–Trinajstić information content (AvgIpc) is 2.23. The second-order valence-corrected chi connectivity index (χ2v) is 3.06. The first-order valence-corrected chi connectivity index (χ1v) is 4.61. The van der Waals surface area contributed by atoms with Crippen LogP contribution in [0, 0.1) is 11.6 Å². The van der Waals surface area contributed by atoms with Crippen molar-refractivity contribution in [1.29, 1.82) is 0 Å². The molecule has 3 N–H and O–H groups in total. The summed E-state index contributed by atoms with van der Waals surface area (Å²) in [6.45, 7) is 0. The molecule has 4 nitrogen and oxygen atoms in total. The van der Waals surface area contributed by atoms with Gasteiger partial charge in [0.15, 0.2) is 11.6 Å². The molecular weight excluding hydrogens is 242 g/mol. The Labute approximate surface area is 94.4 Å². The van der Waals surface area contributed by atoms with Crippen LogP contribution in [0.2, 0.25) is 0 Å². The number of carboxylic acids is 1. The smallest absolute Gasteiger partial charge is 0.341 e. The van der Waals surface area contributed by atoms with Gasteiger partial charge >= 0.3 is 5.97 Å². The molecule has 0 atom stereocenters. The maximum absolute atomic E-state index is 13.2. The zero-order valence-electron chi connectivity index (χ0n) is 7.88. The molecule has 86 valence electrons. The largest absolute Gasteiger partial charge is 0.478 e. The molecule has 0 radical (unpaired) electrons. The fraction of sp³-hybridized carbons (Fsp3) is 0.111. The van der Waals surface area contributed by atoms with Crippen LogP contribution in [0.1, 0.15) is 10.4 Å². The molecule has 16 heavy (non-hydrogen) atoms. The molecule has 0 aliphatic rings. The van der Waals surface area contributed by atoms with E-state index in [1.165, 1.54) is 0 Å². The highest BCUT2D eigenvalue weighted by atomic mass is 35.5. The van der Waals surface area contributed by atoms with Crippen molar-refractivity contribution in [2.45, 2.75) is 0 Å². The first-order chi connectivity index (χ1) is 7.47. The summed E-state index contributed by atoms with van der Waals surface area (Å²) in [5.74, 6) is -4.59. The average molecular weight is 249 g/mol. The van der Waals surface area contributed by atoms with Gasteiger partial charge < -0.3 is 10.8 Å². The summed E-state index contributed by atoms with van der Waals surface area (Å²) in [7, 11) is 0. The molecule has 0 saturated heterocycles. The molecule has 1 aromatic carbocycles. The molecule has 0 amide bonds. The Bertz CT molecular complexity index is 463. The van der Waals surface area contributed by atoms with Crippen LogP contribution < -0.4 is 5.73 Å². The summed E-state index contributed by atoms with van der Waals surface area (Å²) < 4.78 is 26.0. The molecule has 0 aliphatic heterocycles. The summed E-state index contributed by atoms with van der Waals surface area (Å²) in [6.07, 6.45) is 0. The van der Waals surface area contributed by atoms with Gasteiger partial charge in [-0.05, 0) is 12.1 Å². The Balaban J connectivity index is 3.40. The first kappa shape index (κ1) is 12.4. The number of aliphatic imine (C=N–C) groups is 1. The van der Waals surface area contributed by atoms with Crippen LogP contribution >= 0.6 is 11.6 Å². The standard InChI is InChI=1S/C9H7ClF2N2O2/c10-3-6(13)14-5-2-1-4(11)8(12)7(5)9(15)16/h1-2H,3H2,(H2,13,14)(H,15,16). The number of nitrogens with two attached hydrogens (primary N) is 1. The minimum atomic E-state index is -1.63. The number of aromatic carboxylic acids is 1. The van der Waals surface area contributed by atoms with Gasteiger partial charge in [-0.15, -0.1) is 11.6 Å². The van der Waals surface area contributed by atoms with E-state index in [0.29, 0.717) is 0 Å². The van der Waals surface area contributed by atoms with Crippen molar-refractivity contribution in [2.24, 2.45) is 10.7 Å². The second kappa shape index (κ2) is 4.89. The van der Waals surface area contributed by atoms with E-state index >= 15 is 0 Å². The van der Waals surface area contributed by atoms with E-state index < -0.39 is 23.2 Å². The van der Waals surface area contributed by atoms with Crippen molar-refractivity contribution in [2.75, 3.05) is 5.88 Å². The Hall–Kier alpha value is -1.69. The third-order valence-electron chi connectivity index (χ3n) is 1.69. The highest BCUT2D eigenvalue weighted by Crippen LogP contribution is 2.24. The molecule has 0 fully saturated rings. The van der Waals surface area contributed by atoms with Gasteiger partial charge in [0, 0.05) is 0 Å². The monoisotopic (exact) mass is 248 g/mol. The number of alkyl halides is 1. The third-order valence-corrected chi connectivity index (χ3v) is 1.96. The van der Waals surface area contributed by atoms with Gasteiger partial charge in [0.1, 0.15) is 11.4 Å². The van der Waals surface area contributed by atoms with E-state index in [1.807, 2.05) is 0 Å². The molecule has 0 unspecified atom stereocenters. The zero-order valence-corrected chi connectivity index (χ0v) is 8.63. The van der Waals surface area contributed by atoms with Crippen molar-refractivity contribution < 1.29 is 18.7 Å². The molecule has 0 aliphatic carbocycles. The Kier molecular flexibility index (Phi) is 3.78. The van der Waals surface area contributed by atoms with E-state index in [1.54, 1.807) is 0 Å². The van der Waals surface area contributed by atoms with Gasteiger partial charge in [-0.25, -0.2) is 18.6 Å². The quantitative estimate of drug-likeness (QED) is 0.487. The van der Waals surface area contributed by atoms with Crippen molar-refractivity contribution in [3.8, 4) is 0 Å². The first-order valence-electron chi connectivity index (χ1n) is 4.07. The minimum Gasteiger partial charge on any atom is -0.478 e. The van der Waals surface area contributed by atoms with Gasteiger partial charge in [-0.3, -0.25) is 0 Å². The lowest BCUT2D eigenvalue weighted by Gasteiger charge is -2.04. The Morgan fingerprint density at radius 2 is 2.12 bits per heavy atom. The van der Waals surface area contributed by atoms with Crippen LogP contribution in [0.5, 0.6) is 0 Å². The number of amidine groups is 1. The van der Waals surface area contributed by atoms with Gasteiger partial charge in [-0.1, -0.05) is 0 Å². The van der Waals surface area contributed by atoms with E-state index in [0.717, 1.165) is 12.1 Å². The van der Waals surface area contributed by atoms with Crippen molar-refractivity contribution in [3.63, 3.8) is 0 Å². The lowest BCUT2D eigenvalue weighted by atomic mass is 10.1. The second-order valence-electron chi connectivity index (χ2n) is 2.80. The van der Waals surface area contributed by atoms with Crippen molar-refractivity contribution in [1.82, 2.24) is 0 Å². The SMILES string of the molecule is NC(CCl)=Nc1ccc(F)c(F)c1C(=O)O. The molecular formula is C9H7ClF2N2O2. The number of halogens is 3. The maximum Gasteiger partial charge on any atom is 0.341 e. The fourth-order valence-corrected chi connectivity index (χ4v) is 1.08. The molecule has 1 aromatic rings. The summed E-state index contributed by atoms with van der Waals surface area (Å²) in [5.41, 5.74) is 4.13. The Morgan fingerprint density at radius 3 is 2.62 bits per heavy atom. The van der Waals surface area contributed by atoms with Gasteiger partial charge in [0.25, 0.3) is 0 Å². The Morgan fingerprint density at radius 1 is 1.50 bits per heavy atom. The van der Waals surface area contributed by atoms with Crippen LogP contribution in [0.15, 0.2) is 17.1 Å². The van der Waals surface area contributed by atoms with Crippen molar-refractivity contribution in [3.05, 3.63) is 29.3 Å². The van der Waals surface area contributed by atoms with Crippen LogP contribution in [-0.4, -0.2) is 22.8 Å². The molecule has 0 aromatic heterocycles. The van der Waals surface area contributed by atoms with Crippen LogP contribution in [-0.2, 0) is 0 Å². The third kappa shape index (κ3) is 2.46. The van der Waals surface area contributed by atoms with Gasteiger partial charge in [0.05, 0.1) is 11.6 Å². The van der Waals surface area contributed by atoms with Gasteiger partial charge in [-0.2, -0.15) is 0 Å². The topological polar surface area (TPSA) is 75.7 Å². The molecule has 0 bridgehead atoms. The number of carboxylic acid groups (broad SMARTS) is 1. The number of nitrogens with zero attached hydrogens (tertiary/aromatic N) is 1. The van der Waals surface area contributed by atoms with E-state index in [4.69, 9.17) is 22.4 Å². The minimum absolute atomic E-state index is 0.0878. The lowest BCUT2D eigenvalue weighted by molar-refractivity contribution is 0.0691. The van der Waals surface area contributed by atoms with E-state index in [9.17, 15) is 13.6 Å². The highest BCUT2D eigenvalue weighted by molar-refractivity contribution is 6.28. The lowest BCUT2D eigenvalue weighted by Crippen LogP contribution is -2.13.